The molecule has 0 radical (unpaired) electrons. The number of carbonyl (C=O) groups is 2. The molecule has 6 nitrogen and oxygen atoms in total. The fourth-order valence-corrected chi connectivity index (χ4v) is 2.97. The number of rotatable bonds is 3. The second kappa shape index (κ2) is 5.72. The zero-order chi connectivity index (χ0) is 15.7. The van der Waals surface area contributed by atoms with Crippen molar-refractivity contribution >= 4 is 28.4 Å². The molecule has 0 spiro atoms. The highest BCUT2D eigenvalue weighted by molar-refractivity contribution is 7.16. The number of thiazole rings is 1. The van der Waals surface area contributed by atoms with Crippen molar-refractivity contribution in [1.29, 1.82) is 0 Å². The zero-order valence-electron chi connectivity index (χ0n) is 11.6. The van der Waals surface area contributed by atoms with Gasteiger partial charge in [0.15, 0.2) is 5.13 Å². The van der Waals surface area contributed by atoms with Crippen LogP contribution in [0.3, 0.4) is 0 Å². The molecular weight excluding hydrogens is 307 g/mol. The Kier molecular flexibility index (Phi) is 3.76. The van der Waals surface area contributed by atoms with E-state index >= 15 is 0 Å². The molecule has 1 fully saturated rings. The second-order valence-electron chi connectivity index (χ2n) is 4.83. The molecule has 1 aromatic heterocycles. The molecule has 1 aromatic carbocycles. The minimum absolute atomic E-state index is 0.250. The Morgan fingerprint density at radius 3 is 2.77 bits per heavy atom. The topological polar surface area (TPSA) is 83.1 Å². The molecule has 3 N–H and O–H groups in total. The summed E-state index contributed by atoms with van der Waals surface area (Å²) in [6.45, 7) is 2.13. The number of nitrogens with one attached hydrogen (secondary N) is 3. The third-order valence-electron chi connectivity index (χ3n) is 3.23. The van der Waals surface area contributed by atoms with Crippen molar-refractivity contribution in [3.63, 3.8) is 0 Å². The normalized spacial score (nSPS) is 17.0. The average Bonchev–Trinajstić information content (AvgIpc) is 3.06. The number of benzene rings is 1. The first-order valence-corrected chi connectivity index (χ1v) is 7.43. The van der Waals surface area contributed by atoms with Gasteiger partial charge in [0.2, 0.25) is 0 Å². The summed E-state index contributed by atoms with van der Waals surface area (Å²) in [5.74, 6) is -0.632. The fourth-order valence-electron chi connectivity index (χ4n) is 2.13. The van der Waals surface area contributed by atoms with Gasteiger partial charge in [-0.15, -0.1) is 11.3 Å². The highest BCUT2D eigenvalue weighted by Gasteiger charge is 2.27. The number of hydrogen-bond acceptors (Lipinski definition) is 4. The molecule has 2 heterocycles. The molecule has 1 aliphatic rings. The van der Waals surface area contributed by atoms with Gasteiger partial charge in [0.1, 0.15) is 11.9 Å². The first-order valence-electron chi connectivity index (χ1n) is 6.61. The molecule has 2 aromatic rings. The van der Waals surface area contributed by atoms with Crippen LogP contribution in [0.15, 0.2) is 24.3 Å². The minimum Gasteiger partial charge on any atom is -0.336 e. The van der Waals surface area contributed by atoms with Crippen LogP contribution in [0.4, 0.5) is 14.3 Å². The molecule has 8 heteroatoms. The first kappa shape index (κ1) is 14.5. The fraction of sp³-hybridized carbons (Fsp3) is 0.214. The molecule has 0 aliphatic carbocycles. The largest absolute Gasteiger partial charge is 0.336 e. The van der Waals surface area contributed by atoms with Gasteiger partial charge in [-0.3, -0.25) is 4.79 Å². The Morgan fingerprint density at radius 1 is 1.41 bits per heavy atom. The average molecular weight is 320 g/mol. The van der Waals surface area contributed by atoms with E-state index in [-0.39, 0.29) is 24.3 Å². The monoisotopic (exact) mass is 320 g/mol. The second-order valence-corrected chi connectivity index (χ2v) is 6.03. The number of amides is 3. The van der Waals surface area contributed by atoms with Crippen molar-refractivity contribution in [2.24, 2.45) is 0 Å². The van der Waals surface area contributed by atoms with Gasteiger partial charge in [-0.2, -0.15) is 0 Å². The minimum atomic E-state index is -0.606. The standard InChI is InChI=1S/C14H13FN4O2S/c1-7-11(8-2-4-9(15)5-3-8)18-14(22-7)19-12(20)10-6-16-13(21)17-10/h2-5,10H,6H2,1H3,(H2,16,17,21)(H,18,19,20)/t10-/m0/s1. The maximum Gasteiger partial charge on any atom is 0.315 e. The molecule has 0 saturated carbocycles. The summed E-state index contributed by atoms with van der Waals surface area (Å²) in [5.41, 5.74) is 1.49. The zero-order valence-corrected chi connectivity index (χ0v) is 12.5. The lowest BCUT2D eigenvalue weighted by molar-refractivity contribution is -0.117. The molecular formula is C14H13FN4O2S. The van der Waals surface area contributed by atoms with Crippen LogP contribution in [0, 0.1) is 12.7 Å². The van der Waals surface area contributed by atoms with E-state index in [2.05, 4.69) is 20.9 Å². The lowest BCUT2D eigenvalue weighted by Gasteiger charge is -2.06. The van der Waals surface area contributed by atoms with E-state index in [1.165, 1.54) is 23.5 Å². The van der Waals surface area contributed by atoms with Gasteiger partial charge < -0.3 is 16.0 Å². The van der Waals surface area contributed by atoms with Crippen LogP contribution in [0.5, 0.6) is 0 Å². The predicted molar refractivity (Wildman–Crippen MR) is 81.2 cm³/mol. The van der Waals surface area contributed by atoms with E-state index in [0.717, 1.165) is 10.4 Å². The third kappa shape index (κ3) is 2.91. The maximum absolute atomic E-state index is 13.0. The highest BCUT2D eigenvalue weighted by atomic mass is 32.1. The molecule has 114 valence electrons. The van der Waals surface area contributed by atoms with Crippen LogP contribution < -0.4 is 16.0 Å². The molecule has 1 atom stereocenters. The number of hydrogen-bond donors (Lipinski definition) is 3. The number of carbonyl (C=O) groups excluding carboxylic acids is 2. The van der Waals surface area contributed by atoms with Crippen LogP contribution in [0.25, 0.3) is 11.3 Å². The SMILES string of the molecule is Cc1sc(NC(=O)[C@@H]2CNC(=O)N2)nc1-c1ccc(F)cc1. The van der Waals surface area contributed by atoms with Crippen LogP contribution in [0.2, 0.25) is 0 Å². The van der Waals surface area contributed by atoms with Gasteiger partial charge in [-0.05, 0) is 31.2 Å². The van der Waals surface area contributed by atoms with Crippen molar-refractivity contribution in [3.8, 4) is 11.3 Å². The maximum atomic E-state index is 13.0. The Labute approximate surface area is 129 Å². The van der Waals surface area contributed by atoms with Crippen molar-refractivity contribution < 1.29 is 14.0 Å². The van der Waals surface area contributed by atoms with E-state index in [0.29, 0.717) is 10.8 Å². The van der Waals surface area contributed by atoms with E-state index in [1.807, 2.05) is 6.92 Å². The van der Waals surface area contributed by atoms with E-state index < -0.39 is 6.04 Å². The summed E-state index contributed by atoms with van der Waals surface area (Å²) < 4.78 is 13.0. The molecule has 1 saturated heterocycles. The van der Waals surface area contributed by atoms with Crippen LogP contribution in [0.1, 0.15) is 4.88 Å². The van der Waals surface area contributed by atoms with Gasteiger partial charge in [-0.25, -0.2) is 14.2 Å². The predicted octanol–water partition coefficient (Wildman–Crippen LogP) is 1.88. The summed E-state index contributed by atoms with van der Waals surface area (Å²) in [7, 11) is 0. The van der Waals surface area contributed by atoms with Crippen LogP contribution in [-0.4, -0.2) is 29.5 Å². The summed E-state index contributed by atoms with van der Waals surface area (Å²) in [4.78, 5) is 28.3. The molecule has 3 rings (SSSR count). The van der Waals surface area contributed by atoms with Gasteiger partial charge >= 0.3 is 6.03 Å². The highest BCUT2D eigenvalue weighted by Crippen LogP contribution is 2.30. The summed E-state index contributed by atoms with van der Waals surface area (Å²) in [6.07, 6.45) is 0. The summed E-state index contributed by atoms with van der Waals surface area (Å²) in [6, 6.07) is 5.06. The van der Waals surface area contributed by atoms with Crippen molar-refractivity contribution in [3.05, 3.63) is 35.0 Å². The molecule has 3 amide bonds. The van der Waals surface area contributed by atoms with Crippen molar-refractivity contribution in [2.45, 2.75) is 13.0 Å². The number of urea groups is 1. The summed E-state index contributed by atoms with van der Waals surface area (Å²) >= 11 is 1.33. The Bertz CT molecular complexity index is 729. The van der Waals surface area contributed by atoms with Crippen molar-refractivity contribution in [1.82, 2.24) is 15.6 Å². The lowest BCUT2D eigenvalue weighted by atomic mass is 10.1. The Hall–Kier alpha value is -2.48. The molecule has 22 heavy (non-hydrogen) atoms. The lowest BCUT2D eigenvalue weighted by Crippen LogP contribution is -2.38. The van der Waals surface area contributed by atoms with Crippen LogP contribution >= 0.6 is 11.3 Å². The summed E-state index contributed by atoms with van der Waals surface area (Å²) in [5, 5.41) is 8.16. The van der Waals surface area contributed by atoms with Crippen LogP contribution in [-0.2, 0) is 4.79 Å². The third-order valence-corrected chi connectivity index (χ3v) is 4.12. The number of nitrogens with zero attached hydrogens (tertiary/aromatic N) is 1. The van der Waals surface area contributed by atoms with Gasteiger partial charge in [0.25, 0.3) is 5.91 Å². The van der Waals surface area contributed by atoms with Gasteiger partial charge in [0, 0.05) is 17.0 Å². The Balaban J connectivity index is 1.76. The van der Waals surface area contributed by atoms with E-state index in [4.69, 9.17) is 0 Å². The molecule has 0 unspecified atom stereocenters. The molecule has 0 bridgehead atoms. The first-order chi connectivity index (χ1) is 10.5. The van der Waals surface area contributed by atoms with Gasteiger partial charge in [0.05, 0.1) is 5.69 Å². The number of aryl methyl sites for hydroxylation is 1. The quantitative estimate of drug-likeness (QED) is 0.807. The molecule has 1 aliphatic heterocycles. The van der Waals surface area contributed by atoms with E-state index in [9.17, 15) is 14.0 Å². The van der Waals surface area contributed by atoms with Crippen molar-refractivity contribution in [2.75, 3.05) is 11.9 Å². The van der Waals surface area contributed by atoms with Gasteiger partial charge in [-0.1, -0.05) is 0 Å². The number of anilines is 1. The number of halogens is 1. The smallest absolute Gasteiger partial charge is 0.315 e. The Morgan fingerprint density at radius 2 is 2.14 bits per heavy atom. The van der Waals surface area contributed by atoms with E-state index in [1.54, 1.807) is 12.1 Å². The number of aromatic nitrogens is 1.